The maximum Gasteiger partial charge on any atom is 0.291 e. The lowest BCUT2D eigenvalue weighted by atomic mass is 9.85. The molecule has 1 aromatic rings. The molecule has 4 atom stereocenters. The standard InChI is InChI=1S/C15H11ClN2O5/c16-8-4-10(11(19)5-9(8)18(22)23)17-14(20)12-6-1-2-7(3-6)13(12)15(17)21/h1-2,4-7,12-13,19H,3H2/t6-,7+,12-,13+. The van der Waals surface area contributed by atoms with Crippen LogP contribution in [0.15, 0.2) is 24.3 Å². The number of rotatable bonds is 2. The molecular formula is C15H11ClN2O5. The number of carbonyl (C=O) groups excluding carboxylic acids is 2. The fourth-order valence-corrected chi connectivity index (χ4v) is 4.23. The van der Waals surface area contributed by atoms with E-state index in [0.29, 0.717) is 0 Å². The number of phenols is 1. The zero-order valence-corrected chi connectivity index (χ0v) is 12.4. The van der Waals surface area contributed by atoms with Gasteiger partial charge in [-0.1, -0.05) is 23.8 Å². The predicted octanol–water partition coefficient (Wildman–Crippen LogP) is 2.27. The number of nitrogens with zero attached hydrogens (tertiary/aromatic N) is 2. The maximum atomic E-state index is 12.7. The lowest BCUT2D eigenvalue weighted by molar-refractivity contribution is -0.384. The van der Waals surface area contributed by atoms with Gasteiger partial charge in [-0.2, -0.15) is 0 Å². The molecule has 0 aromatic heterocycles. The summed E-state index contributed by atoms with van der Waals surface area (Å²) in [6.45, 7) is 0. The van der Waals surface area contributed by atoms with Gasteiger partial charge in [-0.3, -0.25) is 19.7 Å². The summed E-state index contributed by atoms with van der Waals surface area (Å²) in [5, 5.41) is 20.7. The van der Waals surface area contributed by atoms with Crippen molar-refractivity contribution in [1.82, 2.24) is 0 Å². The van der Waals surface area contributed by atoms with Crippen molar-refractivity contribution in [3.05, 3.63) is 39.4 Å². The number of anilines is 1. The average molecular weight is 335 g/mol. The van der Waals surface area contributed by atoms with E-state index in [1.54, 1.807) is 0 Å². The first kappa shape index (κ1) is 14.2. The largest absolute Gasteiger partial charge is 0.505 e. The van der Waals surface area contributed by atoms with E-state index < -0.39 is 28.2 Å². The van der Waals surface area contributed by atoms with Gasteiger partial charge in [0.1, 0.15) is 10.8 Å². The number of nitro groups is 1. The Hall–Kier alpha value is -2.41. The minimum atomic E-state index is -0.738. The van der Waals surface area contributed by atoms with Gasteiger partial charge >= 0.3 is 0 Å². The van der Waals surface area contributed by atoms with Gasteiger partial charge in [0.05, 0.1) is 28.5 Å². The molecule has 8 heteroatoms. The number of fused-ring (bicyclic) bond motifs is 5. The number of hydrogen-bond donors (Lipinski definition) is 1. The van der Waals surface area contributed by atoms with Crippen LogP contribution in [0.1, 0.15) is 6.42 Å². The third-order valence-corrected chi connectivity index (χ3v) is 5.25. The van der Waals surface area contributed by atoms with Crippen molar-refractivity contribution < 1.29 is 19.6 Å². The first-order valence-electron chi connectivity index (χ1n) is 7.13. The van der Waals surface area contributed by atoms with Crippen LogP contribution in [0.3, 0.4) is 0 Å². The van der Waals surface area contributed by atoms with Crippen molar-refractivity contribution in [3.63, 3.8) is 0 Å². The lowest BCUT2D eigenvalue weighted by Crippen LogP contribution is -2.32. The number of carbonyl (C=O) groups is 2. The predicted molar refractivity (Wildman–Crippen MR) is 80.0 cm³/mol. The molecule has 2 amide bonds. The van der Waals surface area contributed by atoms with E-state index in [1.807, 2.05) is 12.2 Å². The molecule has 1 saturated heterocycles. The third-order valence-electron chi connectivity index (χ3n) is 4.95. The van der Waals surface area contributed by atoms with Crippen LogP contribution in [-0.2, 0) is 9.59 Å². The second-order valence-electron chi connectivity index (χ2n) is 6.06. The Labute approximate surface area is 135 Å². The minimum Gasteiger partial charge on any atom is -0.505 e. The second kappa shape index (κ2) is 4.55. The Morgan fingerprint density at radius 1 is 1.17 bits per heavy atom. The highest BCUT2D eigenvalue weighted by molar-refractivity contribution is 6.33. The Morgan fingerprint density at radius 2 is 1.74 bits per heavy atom. The summed E-state index contributed by atoms with van der Waals surface area (Å²) in [6.07, 6.45) is 4.72. The summed E-state index contributed by atoms with van der Waals surface area (Å²) in [7, 11) is 0. The van der Waals surface area contributed by atoms with E-state index in [2.05, 4.69) is 0 Å². The highest BCUT2D eigenvalue weighted by atomic mass is 35.5. The Balaban J connectivity index is 1.78. The molecule has 7 nitrogen and oxygen atoms in total. The van der Waals surface area contributed by atoms with Crippen LogP contribution in [0.2, 0.25) is 5.02 Å². The van der Waals surface area contributed by atoms with Crippen molar-refractivity contribution in [3.8, 4) is 5.75 Å². The van der Waals surface area contributed by atoms with Gasteiger partial charge in [-0.15, -0.1) is 0 Å². The van der Waals surface area contributed by atoms with Crippen LogP contribution in [0, 0.1) is 33.8 Å². The topological polar surface area (TPSA) is 101 Å². The van der Waals surface area contributed by atoms with Crippen molar-refractivity contribution >= 4 is 34.8 Å². The zero-order chi connectivity index (χ0) is 16.5. The Kier molecular flexibility index (Phi) is 2.81. The SMILES string of the molecule is O=C1[C@@H]2[C@H](C(=O)N1c1cc(Cl)c([N+](=O)[O-])cc1O)[C@@H]1C=C[C@H]2C1. The fourth-order valence-electron chi connectivity index (χ4n) is 4.00. The van der Waals surface area contributed by atoms with Crippen LogP contribution in [0.4, 0.5) is 11.4 Å². The summed E-state index contributed by atoms with van der Waals surface area (Å²) in [6, 6.07) is 1.96. The quantitative estimate of drug-likeness (QED) is 0.387. The molecule has 1 aromatic carbocycles. The number of phenolic OH excluding ortho intramolecular Hbond substituents is 1. The van der Waals surface area contributed by atoms with Crippen LogP contribution in [0.25, 0.3) is 0 Å². The minimum absolute atomic E-state index is 0.0436. The van der Waals surface area contributed by atoms with Crippen LogP contribution in [-0.4, -0.2) is 21.8 Å². The van der Waals surface area contributed by atoms with Gasteiger partial charge in [-0.25, -0.2) is 4.90 Å². The van der Waals surface area contributed by atoms with Crippen LogP contribution < -0.4 is 4.90 Å². The molecule has 1 N–H and O–H groups in total. The van der Waals surface area contributed by atoms with Crippen molar-refractivity contribution in [1.29, 1.82) is 0 Å². The van der Waals surface area contributed by atoms with E-state index in [0.717, 1.165) is 23.5 Å². The molecule has 3 aliphatic rings. The summed E-state index contributed by atoms with van der Waals surface area (Å²) in [4.78, 5) is 36.3. The smallest absolute Gasteiger partial charge is 0.291 e. The summed E-state index contributed by atoms with van der Waals surface area (Å²) < 4.78 is 0. The number of halogens is 1. The highest BCUT2D eigenvalue weighted by Crippen LogP contribution is 2.54. The normalized spacial score (nSPS) is 31.1. The number of amides is 2. The van der Waals surface area contributed by atoms with Gasteiger partial charge in [0.15, 0.2) is 0 Å². The molecule has 2 fully saturated rings. The van der Waals surface area contributed by atoms with Gasteiger partial charge in [0, 0.05) is 0 Å². The van der Waals surface area contributed by atoms with Gasteiger partial charge in [0.25, 0.3) is 5.69 Å². The number of imide groups is 1. The van der Waals surface area contributed by atoms with E-state index in [1.165, 1.54) is 0 Å². The van der Waals surface area contributed by atoms with E-state index >= 15 is 0 Å². The zero-order valence-electron chi connectivity index (χ0n) is 11.7. The Bertz CT molecular complexity index is 775. The van der Waals surface area contributed by atoms with Gasteiger partial charge < -0.3 is 5.11 Å². The molecular weight excluding hydrogens is 324 g/mol. The van der Waals surface area contributed by atoms with E-state index in [-0.39, 0.29) is 34.4 Å². The summed E-state index contributed by atoms with van der Waals surface area (Å²) in [5.41, 5.74) is -0.571. The molecule has 2 bridgehead atoms. The molecule has 0 unspecified atom stereocenters. The molecule has 118 valence electrons. The highest BCUT2D eigenvalue weighted by Gasteiger charge is 2.60. The summed E-state index contributed by atoms with van der Waals surface area (Å²) in [5.74, 6) is -2.00. The summed E-state index contributed by atoms with van der Waals surface area (Å²) >= 11 is 5.85. The molecule has 1 heterocycles. The number of nitro benzene ring substituents is 1. The van der Waals surface area contributed by atoms with Crippen molar-refractivity contribution in [2.24, 2.45) is 23.7 Å². The van der Waals surface area contributed by atoms with E-state index in [4.69, 9.17) is 11.6 Å². The van der Waals surface area contributed by atoms with E-state index in [9.17, 15) is 24.8 Å². The molecule has 1 aliphatic heterocycles. The fraction of sp³-hybridized carbons (Fsp3) is 0.333. The van der Waals surface area contributed by atoms with Crippen LogP contribution >= 0.6 is 11.6 Å². The third kappa shape index (κ3) is 1.77. The van der Waals surface area contributed by atoms with Gasteiger partial charge in [-0.05, 0) is 24.3 Å². The number of hydrogen-bond acceptors (Lipinski definition) is 5. The lowest BCUT2D eigenvalue weighted by Gasteiger charge is -2.18. The molecule has 0 radical (unpaired) electrons. The second-order valence-corrected chi connectivity index (χ2v) is 6.47. The molecule has 2 aliphatic carbocycles. The number of aromatic hydroxyl groups is 1. The van der Waals surface area contributed by atoms with Crippen molar-refractivity contribution in [2.45, 2.75) is 6.42 Å². The monoisotopic (exact) mass is 334 g/mol. The van der Waals surface area contributed by atoms with Crippen LogP contribution in [0.5, 0.6) is 5.75 Å². The first-order chi connectivity index (χ1) is 10.9. The first-order valence-corrected chi connectivity index (χ1v) is 7.51. The number of allylic oxidation sites excluding steroid dienone is 2. The average Bonchev–Trinajstić information content (AvgIpc) is 3.16. The van der Waals surface area contributed by atoms with Crippen molar-refractivity contribution in [2.75, 3.05) is 4.90 Å². The maximum absolute atomic E-state index is 12.7. The molecule has 4 rings (SSSR count). The molecule has 23 heavy (non-hydrogen) atoms. The molecule has 0 spiro atoms. The number of benzene rings is 1. The Morgan fingerprint density at radius 3 is 2.26 bits per heavy atom. The van der Waals surface area contributed by atoms with Gasteiger partial charge in [0.2, 0.25) is 11.8 Å². The molecule has 1 saturated carbocycles.